The quantitative estimate of drug-likeness (QED) is 0.388. The van der Waals surface area contributed by atoms with E-state index >= 15 is 0 Å². The summed E-state index contributed by atoms with van der Waals surface area (Å²) < 4.78 is 0. The second-order valence-electron chi connectivity index (χ2n) is 4.40. The Balaban J connectivity index is 1.86. The maximum Gasteiger partial charge on any atom is -0.0280 e. The summed E-state index contributed by atoms with van der Waals surface area (Å²) in [5, 5.41) is 0. The molecule has 0 amide bonds. The number of allylic oxidation sites excluding steroid dienone is 2. The van der Waals surface area contributed by atoms with Gasteiger partial charge in [-0.2, -0.15) is 0 Å². The Morgan fingerprint density at radius 1 is 1.00 bits per heavy atom. The average molecular weight is 180 g/mol. The molecule has 0 saturated heterocycles. The van der Waals surface area contributed by atoms with Gasteiger partial charge in [-0.1, -0.05) is 50.2 Å². The van der Waals surface area contributed by atoms with E-state index in [9.17, 15) is 0 Å². The Bertz CT molecular complexity index is 159. The summed E-state index contributed by atoms with van der Waals surface area (Å²) in [5.74, 6) is 0. The van der Waals surface area contributed by atoms with Crippen LogP contribution in [0.15, 0.2) is 11.1 Å². The number of rotatable bonds is 7. The molecular weight excluding hydrogens is 156 g/mol. The fourth-order valence-corrected chi connectivity index (χ4v) is 1.84. The van der Waals surface area contributed by atoms with E-state index < -0.39 is 0 Å². The molecule has 76 valence electrons. The first-order valence-corrected chi connectivity index (χ1v) is 6.02. The van der Waals surface area contributed by atoms with Gasteiger partial charge in [0.15, 0.2) is 0 Å². The number of hydrogen-bond acceptors (Lipinski definition) is 0. The van der Waals surface area contributed by atoms with Crippen LogP contribution in [-0.2, 0) is 0 Å². The lowest BCUT2D eigenvalue weighted by Crippen LogP contribution is -1.81. The van der Waals surface area contributed by atoms with Crippen molar-refractivity contribution >= 4 is 0 Å². The Kier molecular flexibility index (Phi) is 5.19. The molecule has 0 unspecified atom stereocenters. The Labute approximate surface area is 83.4 Å². The van der Waals surface area contributed by atoms with Gasteiger partial charge < -0.3 is 0 Å². The van der Waals surface area contributed by atoms with Crippen molar-refractivity contribution in [2.75, 3.05) is 0 Å². The molecule has 0 N–H and O–H groups in total. The predicted octanol–water partition coefficient (Wildman–Crippen LogP) is 4.85. The molecule has 0 heteroatoms. The highest BCUT2D eigenvalue weighted by Gasteiger charge is 2.13. The first-order valence-electron chi connectivity index (χ1n) is 6.02. The van der Waals surface area contributed by atoms with Crippen molar-refractivity contribution in [2.24, 2.45) is 0 Å². The van der Waals surface area contributed by atoms with Crippen LogP contribution in [0.1, 0.15) is 71.6 Å². The van der Waals surface area contributed by atoms with Crippen molar-refractivity contribution in [3.8, 4) is 0 Å². The summed E-state index contributed by atoms with van der Waals surface area (Å²) in [5.41, 5.74) is 3.46. The first kappa shape index (κ1) is 10.8. The molecule has 0 atom stereocenters. The van der Waals surface area contributed by atoms with Crippen molar-refractivity contribution in [1.82, 2.24) is 0 Å². The van der Waals surface area contributed by atoms with Crippen molar-refractivity contribution in [3.05, 3.63) is 11.1 Å². The predicted molar refractivity (Wildman–Crippen MR) is 59.9 cm³/mol. The van der Waals surface area contributed by atoms with Gasteiger partial charge in [0.25, 0.3) is 0 Å². The van der Waals surface area contributed by atoms with Gasteiger partial charge in [-0.15, -0.1) is 0 Å². The van der Waals surface area contributed by atoms with E-state index in [0.717, 1.165) is 0 Å². The molecular formula is C13H24. The van der Waals surface area contributed by atoms with Gasteiger partial charge >= 0.3 is 0 Å². The minimum atomic E-state index is 1.36. The highest BCUT2D eigenvalue weighted by Crippen LogP contribution is 2.33. The smallest absolute Gasteiger partial charge is 0.0280 e. The second-order valence-corrected chi connectivity index (χ2v) is 4.40. The molecule has 0 heterocycles. The molecule has 1 aliphatic rings. The van der Waals surface area contributed by atoms with Crippen LogP contribution in [0.4, 0.5) is 0 Å². The fourth-order valence-electron chi connectivity index (χ4n) is 1.84. The molecule has 0 bridgehead atoms. The summed E-state index contributed by atoms with van der Waals surface area (Å²) in [6.07, 6.45) is 12.8. The molecule has 1 rings (SSSR count). The summed E-state index contributed by atoms with van der Waals surface area (Å²) in [6.45, 7) is 4.61. The van der Waals surface area contributed by atoms with E-state index in [1.165, 1.54) is 57.8 Å². The summed E-state index contributed by atoms with van der Waals surface area (Å²) in [6, 6.07) is 0. The van der Waals surface area contributed by atoms with E-state index in [1.54, 1.807) is 11.1 Å². The average Bonchev–Trinajstić information content (AvgIpc) is 2.93. The van der Waals surface area contributed by atoms with E-state index in [4.69, 9.17) is 0 Å². The molecule has 0 aromatic heterocycles. The Morgan fingerprint density at radius 3 is 2.23 bits per heavy atom. The minimum absolute atomic E-state index is 1.36. The van der Waals surface area contributed by atoms with Crippen LogP contribution in [0.2, 0.25) is 0 Å². The first-order chi connectivity index (χ1) is 6.34. The second kappa shape index (κ2) is 6.23. The molecule has 0 aliphatic heterocycles. The van der Waals surface area contributed by atoms with Crippen LogP contribution >= 0.6 is 0 Å². The highest BCUT2D eigenvalue weighted by molar-refractivity contribution is 5.23. The molecule has 0 spiro atoms. The van der Waals surface area contributed by atoms with Gasteiger partial charge in [0, 0.05) is 0 Å². The van der Waals surface area contributed by atoms with Gasteiger partial charge in [-0.3, -0.25) is 0 Å². The molecule has 1 fully saturated rings. The summed E-state index contributed by atoms with van der Waals surface area (Å²) in [4.78, 5) is 0. The van der Waals surface area contributed by atoms with Crippen molar-refractivity contribution in [1.29, 1.82) is 0 Å². The van der Waals surface area contributed by atoms with Crippen LogP contribution in [0.3, 0.4) is 0 Å². The van der Waals surface area contributed by atoms with Gasteiger partial charge in [0.05, 0.1) is 0 Å². The third-order valence-electron chi connectivity index (χ3n) is 3.01. The van der Waals surface area contributed by atoms with Crippen LogP contribution in [0, 0.1) is 0 Å². The fraction of sp³-hybridized carbons (Fsp3) is 0.846. The lowest BCUT2D eigenvalue weighted by molar-refractivity contribution is 0.606. The monoisotopic (exact) mass is 180 g/mol. The third-order valence-corrected chi connectivity index (χ3v) is 3.01. The number of unbranched alkanes of at least 4 members (excludes halogenated alkanes) is 5. The number of hydrogen-bond donors (Lipinski definition) is 0. The van der Waals surface area contributed by atoms with Gasteiger partial charge in [0.1, 0.15) is 0 Å². The molecule has 0 nitrogen and oxygen atoms in total. The summed E-state index contributed by atoms with van der Waals surface area (Å²) >= 11 is 0. The maximum atomic E-state index is 2.33. The zero-order valence-electron chi connectivity index (χ0n) is 9.36. The normalized spacial score (nSPS) is 14.8. The van der Waals surface area contributed by atoms with E-state index in [2.05, 4.69) is 13.8 Å². The van der Waals surface area contributed by atoms with Crippen molar-refractivity contribution in [2.45, 2.75) is 71.6 Å². The lowest BCUT2D eigenvalue weighted by Gasteiger charge is -2.01. The van der Waals surface area contributed by atoms with E-state index in [1.807, 2.05) is 0 Å². The standard InChI is InChI=1S/C13H24/c1-3-4-5-6-7-8-9-12(2)13-10-11-13/h3-11H2,1-2H3. The van der Waals surface area contributed by atoms with Crippen LogP contribution in [0.5, 0.6) is 0 Å². The molecule has 1 aliphatic carbocycles. The summed E-state index contributed by atoms with van der Waals surface area (Å²) in [7, 11) is 0. The third kappa shape index (κ3) is 5.13. The zero-order valence-corrected chi connectivity index (χ0v) is 9.36. The van der Waals surface area contributed by atoms with Crippen LogP contribution in [-0.4, -0.2) is 0 Å². The van der Waals surface area contributed by atoms with E-state index in [-0.39, 0.29) is 0 Å². The van der Waals surface area contributed by atoms with Gasteiger partial charge in [0.2, 0.25) is 0 Å². The van der Waals surface area contributed by atoms with Crippen LogP contribution < -0.4 is 0 Å². The minimum Gasteiger partial charge on any atom is -0.0741 e. The van der Waals surface area contributed by atoms with Gasteiger partial charge in [-0.25, -0.2) is 0 Å². The molecule has 0 radical (unpaired) electrons. The van der Waals surface area contributed by atoms with Gasteiger partial charge in [-0.05, 0) is 32.6 Å². The van der Waals surface area contributed by atoms with Crippen LogP contribution in [0.25, 0.3) is 0 Å². The largest absolute Gasteiger partial charge is 0.0741 e. The SMILES string of the molecule is CCCCCCCCC(C)=C1CC1. The van der Waals surface area contributed by atoms with E-state index in [0.29, 0.717) is 0 Å². The Hall–Kier alpha value is -0.260. The van der Waals surface area contributed by atoms with Crippen molar-refractivity contribution in [3.63, 3.8) is 0 Å². The topological polar surface area (TPSA) is 0 Å². The molecule has 0 aromatic rings. The molecule has 1 saturated carbocycles. The maximum absolute atomic E-state index is 2.33. The zero-order chi connectivity index (χ0) is 9.52. The lowest BCUT2D eigenvalue weighted by atomic mass is 10.1. The Morgan fingerprint density at radius 2 is 1.62 bits per heavy atom. The molecule has 13 heavy (non-hydrogen) atoms. The highest BCUT2D eigenvalue weighted by atomic mass is 14.2. The van der Waals surface area contributed by atoms with Crippen molar-refractivity contribution < 1.29 is 0 Å². The molecule has 0 aromatic carbocycles.